The fourth-order valence-electron chi connectivity index (χ4n) is 6.85. The molecule has 5 unspecified atom stereocenters. The molecule has 3 aliphatic carbocycles. The number of hydrogen-bond donors (Lipinski definition) is 1. The molecule has 34 heavy (non-hydrogen) atoms. The number of rotatable bonds is 4. The van der Waals surface area contributed by atoms with Gasteiger partial charge in [0, 0.05) is 56.3 Å². The number of piperidine rings is 1. The van der Waals surface area contributed by atoms with Crippen molar-refractivity contribution in [2.75, 3.05) is 26.2 Å². The van der Waals surface area contributed by atoms with Crippen LogP contribution in [-0.4, -0.2) is 64.8 Å². The Morgan fingerprint density at radius 3 is 2.71 bits per heavy atom. The lowest BCUT2D eigenvalue weighted by atomic mass is 9.49. The average molecular weight is 464 g/mol. The molecule has 1 spiro atoms. The standard InChI is InChI=1S/C27H29NO6/c1-15(2)6-9-26-25(32)17-12-19-24(31)23-21(30)4-3-5-22(23)34-27(19,26)20(14-33-26)18(17)13-28-10-7-16(29)8-11-28/h3-6,12,17-18,20,30H,7-11,13-14H2,1-2H3. The molecule has 1 N–H and O–H groups in total. The minimum atomic E-state index is -1.27. The third-order valence-electron chi connectivity index (χ3n) is 8.48. The van der Waals surface area contributed by atoms with Crippen LogP contribution in [0, 0.1) is 17.8 Å². The van der Waals surface area contributed by atoms with Gasteiger partial charge in [-0.2, -0.15) is 0 Å². The van der Waals surface area contributed by atoms with Crippen LogP contribution in [0.15, 0.2) is 41.5 Å². The van der Waals surface area contributed by atoms with E-state index in [0.29, 0.717) is 56.8 Å². The number of ketones is 3. The number of phenols is 1. The smallest absolute Gasteiger partial charge is 0.200 e. The highest BCUT2D eigenvalue weighted by Gasteiger charge is 2.79. The van der Waals surface area contributed by atoms with E-state index in [1.54, 1.807) is 18.2 Å². The van der Waals surface area contributed by atoms with Gasteiger partial charge < -0.3 is 19.5 Å². The highest BCUT2D eigenvalue weighted by Crippen LogP contribution is 2.65. The topological polar surface area (TPSA) is 93.1 Å². The molecule has 0 radical (unpaired) electrons. The highest BCUT2D eigenvalue weighted by atomic mass is 16.6. The number of phenolic OH excluding ortho intramolecular Hbond substituents is 1. The number of nitrogens with zero attached hydrogens (tertiary/aromatic N) is 1. The third kappa shape index (κ3) is 2.68. The van der Waals surface area contributed by atoms with E-state index in [0.717, 1.165) is 5.57 Å². The summed E-state index contributed by atoms with van der Waals surface area (Å²) in [7, 11) is 0. The predicted molar refractivity (Wildman–Crippen MR) is 123 cm³/mol. The molecule has 1 saturated carbocycles. The van der Waals surface area contributed by atoms with Gasteiger partial charge in [0.15, 0.2) is 22.8 Å². The minimum Gasteiger partial charge on any atom is -0.507 e. The van der Waals surface area contributed by atoms with Crippen LogP contribution in [-0.2, 0) is 14.3 Å². The molecule has 2 saturated heterocycles. The Morgan fingerprint density at radius 2 is 1.97 bits per heavy atom. The van der Waals surface area contributed by atoms with Crippen LogP contribution in [0.5, 0.6) is 11.5 Å². The van der Waals surface area contributed by atoms with E-state index in [4.69, 9.17) is 9.47 Å². The Labute approximate surface area is 198 Å². The molecule has 3 aliphatic heterocycles. The Hall–Kier alpha value is -2.77. The summed E-state index contributed by atoms with van der Waals surface area (Å²) in [6, 6.07) is 4.81. The van der Waals surface area contributed by atoms with Crippen LogP contribution < -0.4 is 4.74 Å². The number of Topliss-reactive ketones (excluding diaryl/α,β-unsaturated/α-hetero) is 3. The molecule has 5 atom stereocenters. The lowest BCUT2D eigenvalue weighted by Gasteiger charge is -2.58. The van der Waals surface area contributed by atoms with Gasteiger partial charge >= 0.3 is 0 Å². The van der Waals surface area contributed by atoms with Crippen molar-refractivity contribution in [3.63, 3.8) is 0 Å². The second kappa shape index (κ2) is 7.36. The van der Waals surface area contributed by atoms with Crippen molar-refractivity contribution < 1.29 is 29.0 Å². The molecule has 7 heteroatoms. The molecule has 7 rings (SSSR count). The zero-order chi connectivity index (χ0) is 23.8. The average Bonchev–Trinajstić information content (AvgIpc) is 3.09. The number of benzene rings is 1. The van der Waals surface area contributed by atoms with E-state index in [2.05, 4.69) is 4.90 Å². The van der Waals surface area contributed by atoms with Crippen molar-refractivity contribution in [2.45, 2.75) is 44.3 Å². The fourth-order valence-corrected chi connectivity index (χ4v) is 6.85. The predicted octanol–water partition coefficient (Wildman–Crippen LogP) is 2.87. The van der Waals surface area contributed by atoms with E-state index in [9.17, 15) is 19.5 Å². The molecular formula is C27H29NO6. The number of carbonyl (C=O) groups excluding carboxylic acids is 3. The molecule has 1 aromatic carbocycles. The first-order valence-electron chi connectivity index (χ1n) is 12.1. The summed E-state index contributed by atoms with van der Waals surface area (Å²) in [4.78, 5) is 41.9. The second-order valence-electron chi connectivity index (χ2n) is 10.5. The van der Waals surface area contributed by atoms with Crippen molar-refractivity contribution >= 4 is 17.3 Å². The van der Waals surface area contributed by atoms with Gasteiger partial charge in [0.25, 0.3) is 0 Å². The first-order chi connectivity index (χ1) is 16.3. The summed E-state index contributed by atoms with van der Waals surface area (Å²) in [5.41, 5.74) is -0.828. The van der Waals surface area contributed by atoms with Gasteiger partial charge in [-0.25, -0.2) is 0 Å². The molecule has 178 valence electrons. The zero-order valence-electron chi connectivity index (χ0n) is 19.5. The van der Waals surface area contributed by atoms with Crippen LogP contribution in [0.3, 0.4) is 0 Å². The normalized spacial score (nSPS) is 36.0. The lowest BCUT2D eigenvalue weighted by Crippen LogP contribution is -2.74. The van der Waals surface area contributed by atoms with Crippen LogP contribution in [0.2, 0.25) is 0 Å². The lowest BCUT2D eigenvalue weighted by molar-refractivity contribution is -0.171. The number of fused-ring (bicyclic) bond motifs is 1. The van der Waals surface area contributed by atoms with Crippen molar-refractivity contribution in [1.29, 1.82) is 0 Å². The number of ether oxygens (including phenoxy) is 2. The molecule has 3 heterocycles. The molecule has 7 nitrogen and oxygen atoms in total. The Balaban J connectivity index is 1.49. The summed E-state index contributed by atoms with van der Waals surface area (Å²) in [5, 5.41) is 10.4. The van der Waals surface area contributed by atoms with E-state index in [1.165, 1.54) is 6.07 Å². The monoisotopic (exact) mass is 463 g/mol. The van der Waals surface area contributed by atoms with Crippen molar-refractivity contribution in [1.82, 2.24) is 4.90 Å². The molecule has 1 aromatic rings. The zero-order valence-corrected chi connectivity index (χ0v) is 19.5. The van der Waals surface area contributed by atoms with Gasteiger partial charge in [0.05, 0.1) is 6.61 Å². The number of hydrogen-bond acceptors (Lipinski definition) is 7. The molecular weight excluding hydrogens is 434 g/mol. The van der Waals surface area contributed by atoms with Crippen LogP contribution in [0.25, 0.3) is 0 Å². The first-order valence-corrected chi connectivity index (χ1v) is 12.1. The number of allylic oxidation sites excluding steroid dienone is 2. The Morgan fingerprint density at radius 1 is 1.21 bits per heavy atom. The van der Waals surface area contributed by atoms with Crippen LogP contribution in [0.4, 0.5) is 0 Å². The fraction of sp³-hybridized carbons (Fsp3) is 0.519. The molecule has 6 aliphatic rings. The maximum absolute atomic E-state index is 14.1. The summed E-state index contributed by atoms with van der Waals surface area (Å²) >= 11 is 0. The van der Waals surface area contributed by atoms with Gasteiger partial charge in [-0.15, -0.1) is 0 Å². The first kappa shape index (κ1) is 21.7. The Bertz CT molecular complexity index is 1170. The van der Waals surface area contributed by atoms with Gasteiger partial charge in [0.2, 0.25) is 0 Å². The van der Waals surface area contributed by atoms with E-state index in [-0.39, 0.29) is 40.5 Å². The number of carbonyl (C=O) groups is 3. The minimum absolute atomic E-state index is 0.0306. The molecule has 0 amide bonds. The van der Waals surface area contributed by atoms with Crippen LogP contribution in [0.1, 0.15) is 43.5 Å². The molecule has 3 fully saturated rings. The number of aromatic hydroxyl groups is 1. The van der Waals surface area contributed by atoms with E-state index in [1.807, 2.05) is 19.9 Å². The largest absolute Gasteiger partial charge is 0.507 e. The second-order valence-corrected chi connectivity index (χ2v) is 10.5. The molecule has 0 aromatic heterocycles. The van der Waals surface area contributed by atoms with Gasteiger partial charge in [0.1, 0.15) is 22.8 Å². The van der Waals surface area contributed by atoms with Crippen LogP contribution >= 0.6 is 0 Å². The highest BCUT2D eigenvalue weighted by molar-refractivity contribution is 6.18. The van der Waals surface area contributed by atoms with Gasteiger partial charge in [-0.3, -0.25) is 14.4 Å². The van der Waals surface area contributed by atoms with Crippen molar-refractivity contribution in [3.8, 4) is 11.5 Å². The van der Waals surface area contributed by atoms with Crippen molar-refractivity contribution in [3.05, 3.63) is 47.1 Å². The van der Waals surface area contributed by atoms with Crippen molar-refractivity contribution in [2.24, 2.45) is 17.8 Å². The summed E-state index contributed by atoms with van der Waals surface area (Å²) in [5.74, 6) is -0.570. The number of likely N-dealkylation sites (tertiary alicyclic amines) is 1. The summed E-state index contributed by atoms with van der Waals surface area (Å²) < 4.78 is 13.1. The Kier molecular flexibility index (Phi) is 4.71. The van der Waals surface area contributed by atoms with Gasteiger partial charge in [-0.05, 0) is 31.9 Å². The van der Waals surface area contributed by atoms with E-state index >= 15 is 0 Å². The quantitative estimate of drug-likeness (QED) is 0.687. The van der Waals surface area contributed by atoms with E-state index < -0.39 is 17.1 Å². The maximum atomic E-state index is 14.1. The third-order valence-corrected chi connectivity index (χ3v) is 8.48. The summed E-state index contributed by atoms with van der Waals surface area (Å²) in [6.07, 6.45) is 5.19. The summed E-state index contributed by atoms with van der Waals surface area (Å²) in [6.45, 7) is 6.31. The van der Waals surface area contributed by atoms with Gasteiger partial charge in [-0.1, -0.05) is 23.8 Å². The maximum Gasteiger partial charge on any atom is 0.200 e. The SMILES string of the molecule is CC(C)=CCC12OCC3C(CN4CCC(=O)CC4)C(C=C4C(=O)c5c(O)cccc5OC431)C2=O. The molecule has 4 bridgehead atoms.